The van der Waals surface area contributed by atoms with Crippen molar-refractivity contribution in [1.82, 2.24) is 0 Å². The first kappa shape index (κ1) is 22.5. The Morgan fingerprint density at radius 3 is 1.53 bits per heavy atom. The number of hydrogen-bond donors (Lipinski definition) is 2. The lowest BCUT2D eigenvalue weighted by molar-refractivity contribution is -0.981. The molecule has 0 aliphatic heterocycles. The zero-order valence-corrected chi connectivity index (χ0v) is 16.1. The van der Waals surface area contributed by atoms with Crippen LogP contribution in [0.4, 0.5) is 0 Å². The van der Waals surface area contributed by atoms with E-state index in [9.17, 15) is 24.7 Å². The van der Waals surface area contributed by atoms with Crippen LogP contribution in [0.2, 0.25) is 0 Å². The fourth-order valence-corrected chi connectivity index (χ4v) is 2.26. The number of rotatable bonds is 14. The lowest BCUT2D eigenvalue weighted by Gasteiger charge is -2.07. The van der Waals surface area contributed by atoms with Gasteiger partial charge in [-0.25, -0.2) is 0 Å². The minimum Gasteiger partial charge on any atom is -0.504 e. The van der Waals surface area contributed by atoms with Crippen molar-refractivity contribution < 1.29 is 44.0 Å². The molecule has 0 unspecified atom stereocenters. The molecule has 0 fully saturated rings. The molecule has 2 aromatic rings. The molecule has 0 spiro atoms. The summed E-state index contributed by atoms with van der Waals surface area (Å²) in [6.45, 7) is 0.429. The zero-order chi connectivity index (χ0) is 21.8. The number of nitrogens with zero attached hydrogens (tertiary/aromatic N) is 1. The average molecular weight is 420 g/mol. The van der Waals surface area contributed by atoms with Crippen LogP contribution in [0.1, 0.15) is 33.6 Å². The van der Waals surface area contributed by atoms with Crippen LogP contribution in [-0.2, 0) is 9.68 Å². The SMILES string of the molecule is O=Cc1ccc(OCCCO[N+](=O)OCCCOc2ccc(C=O)cc2O)c(O)c1. The van der Waals surface area contributed by atoms with E-state index in [1.807, 2.05) is 0 Å². The second-order valence-electron chi connectivity index (χ2n) is 5.98. The predicted molar refractivity (Wildman–Crippen MR) is 103 cm³/mol. The van der Waals surface area contributed by atoms with E-state index in [1.165, 1.54) is 36.4 Å². The van der Waals surface area contributed by atoms with Crippen molar-refractivity contribution in [3.05, 3.63) is 52.4 Å². The molecule has 2 aromatic carbocycles. The highest BCUT2D eigenvalue weighted by molar-refractivity contribution is 5.76. The normalized spacial score (nSPS) is 10.1. The smallest absolute Gasteiger partial charge is 0.477 e. The Hall–Kier alpha value is -3.82. The molecule has 0 heterocycles. The monoisotopic (exact) mass is 420 g/mol. The average Bonchev–Trinajstić information content (AvgIpc) is 2.75. The summed E-state index contributed by atoms with van der Waals surface area (Å²) < 4.78 is 10.7. The molecule has 0 aromatic heterocycles. The molecule has 10 heteroatoms. The van der Waals surface area contributed by atoms with Gasteiger partial charge in [-0.3, -0.25) is 9.59 Å². The summed E-state index contributed by atoms with van der Waals surface area (Å²) in [6, 6.07) is 8.55. The molecule has 10 nitrogen and oxygen atoms in total. The highest BCUT2D eigenvalue weighted by Gasteiger charge is 2.12. The van der Waals surface area contributed by atoms with Crippen LogP contribution < -0.4 is 9.47 Å². The Labute approximate surface area is 172 Å². The third kappa shape index (κ3) is 7.30. The van der Waals surface area contributed by atoms with Gasteiger partial charge in [0.1, 0.15) is 17.5 Å². The van der Waals surface area contributed by atoms with Gasteiger partial charge in [-0.1, -0.05) is 0 Å². The topological polar surface area (TPSA) is 132 Å². The first-order valence-corrected chi connectivity index (χ1v) is 9.08. The van der Waals surface area contributed by atoms with Crippen molar-refractivity contribution in [1.29, 1.82) is 0 Å². The van der Waals surface area contributed by atoms with Crippen LogP contribution in [0.25, 0.3) is 0 Å². The highest BCUT2D eigenvalue weighted by Crippen LogP contribution is 2.27. The molecule has 0 saturated heterocycles. The molecule has 0 radical (unpaired) electrons. The maximum atomic E-state index is 11.4. The predicted octanol–water partition coefficient (Wildman–Crippen LogP) is 2.60. The number of phenolic OH excluding ortho intramolecular Hbond substituents is 2. The minimum absolute atomic E-state index is 0.00724. The van der Waals surface area contributed by atoms with E-state index in [1.54, 1.807) is 0 Å². The van der Waals surface area contributed by atoms with Crippen molar-refractivity contribution in [2.75, 3.05) is 26.4 Å². The molecule has 0 amide bonds. The Morgan fingerprint density at radius 2 is 1.17 bits per heavy atom. The summed E-state index contributed by atoms with van der Waals surface area (Å²) in [7, 11) is 0. The van der Waals surface area contributed by atoms with Gasteiger partial charge in [0.15, 0.2) is 36.2 Å². The molecular formula is C20H22NO9+. The van der Waals surface area contributed by atoms with Gasteiger partial charge < -0.3 is 19.7 Å². The van der Waals surface area contributed by atoms with Crippen molar-refractivity contribution in [3.63, 3.8) is 0 Å². The van der Waals surface area contributed by atoms with Crippen molar-refractivity contribution in [3.8, 4) is 23.0 Å². The largest absolute Gasteiger partial charge is 0.504 e. The van der Waals surface area contributed by atoms with Gasteiger partial charge in [0.05, 0.1) is 13.2 Å². The third-order valence-corrected chi connectivity index (χ3v) is 3.72. The van der Waals surface area contributed by atoms with Crippen LogP contribution in [0.15, 0.2) is 36.4 Å². The van der Waals surface area contributed by atoms with Crippen LogP contribution in [0.5, 0.6) is 23.0 Å². The first-order valence-electron chi connectivity index (χ1n) is 9.08. The summed E-state index contributed by atoms with van der Waals surface area (Å²) in [4.78, 5) is 42.2. The molecule has 0 atom stereocenters. The minimum atomic E-state index is -0.149. The van der Waals surface area contributed by atoms with Gasteiger partial charge in [-0.2, -0.15) is 9.68 Å². The van der Waals surface area contributed by atoms with Gasteiger partial charge in [-0.05, 0) is 36.4 Å². The molecule has 2 N–H and O–H groups in total. The van der Waals surface area contributed by atoms with Crippen molar-refractivity contribution in [2.24, 2.45) is 0 Å². The van der Waals surface area contributed by atoms with Crippen LogP contribution in [-0.4, -0.2) is 54.3 Å². The fraction of sp³-hybridized carbons (Fsp3) is 0.300. The first-order chi connectivity index (χ1) is 14.5. The summed E-state index contributed by atoms with van der Waals surface area (Å²) in [5, 5.41) is 19.4. The Balaban J connectivity index is 1.53. The number of phenols is 2. The molecule has 2 rings (SSSR count). The van der Waals surface area contributed by atoms with Crippen LogP contribution in [0, 0.1) is 4.91 Å². The van der Waals surface area contributed by atoms with E-state index < -0.39 is 0 Å². The molecule has 160 valence electrons. The zero-order valence-electron chi connectivity index (χ0n) is 16.1. The third-order valence-electron chi connectivity index (χ3n) is 3.72. The van der Waals surface area contributed by atoms with Crippen molar-refractivity contribution in [2.45, 2.75) is 12.8 Å². The van der Waals surface area contributed by atoms with E-state index in [0.29, 0.717) is 36.5 Å². The standard InChI is InChI=1S/C20H21NO9/c22-13-15-3-5-19(17(24)11-15)27-7-1-9-29-21(26)30-10-2-8-28-20-6-4-16(14-23)12-18(20)25/h3-6,11-14H,1-2,7-10H2,(H-,24,25)/p+1. The van der Waals surface area contributed by atoms with E-state index in [-0.39, 0.29) is 54.5 Å². The van der Waals surface area contributed by atoms with Crippen LogP contribution >= 0.6 is 0 Å². The molecule has 0 aliphatic rings. The second-order valence-corrected chi connectivity index (χ2v) is 5.98. The van der Waals surface area contributed by atoms with Gasteiger partial charge in [-0.15, -0.1) is 0 Å². The van der Waals surface area contributed by atoms with Gasteiger partial charge in [0, 0.05) is 24.0 Å². The number of ether oxygens (including phenoxy) is 2. The molecule has 0 saturated carbocycles. The number of carbonyl (C=O) groups is 2. The number of carbonyl (C=O) groups excluding carboxylic acids is 2. The number of aldehydes is 2. The highest BCUT2D eigenvalue weighted by atomic mass is 17.0. The Morgan fingerprint density at radius 1 is 0.733 bits per heavy atom. The molecule has 0 aliphatic carbocycles. The van der Waals surface area contributed by atoms with Gasteiger partial charge >= 0.3 is 5.09 Å². The summed E-state index contributed by atoms with van der Waals surface area (Å²) >= 11 is 0. The van der Waals surface area contributed by atoms with Gasteiger partial charge in [0.25, 0.3) is 0 Å². The fourth-order valence-electron chi connectivity index (χ4n) is 2.26. The Bertz CT molecular complexity index is 800. The van der Waals surface area contributed by atoms with E-state index in [0.717, 1.165) is 0 Å². The number of aromatic hydroxyl groups is 2. The van der Waals surface area contributed by atoms with Gasteiger partial charge in [0.2, 0.25) is 0 Å². The lowest BCUT2D eigenvalue weighted by Crippen LogP contribution is -2.15. The lowest BCUT2D eigenvalue weighted by atomic mass is 10.2. The summed E-state index contributed by atoms with van der Waals surface area (Å²) in [5.41, 5.74) is 0.667. The van der Waals surface area contributed by atoms with Crippen LogP contribution in [0.3, 0.4) is 0 Å². The molecular weight excluding hydrogens is 398 g/mol. The Kier molecular flexibility index (Phi) is 8.91. The maximum Gasteiger partial charge on any atom is 0.477 e. The summed E-state index contributed by atoms with van der Waals surface area (Å²) in [5.74, 6) is 0.152. The number of hydrogen-bond acceptors (Lipinski definition) is 9. The van der Waals surface area contributed by atoms with E-state index in [2.05, 4.69) is 0 Å². The van der Waals surface area contributed by atoms with E-state index in [4.69, 9.17) is 19.1 Å². The second kappa shape index (κ2) is 11.9. The summed E-state index contributed by atoms with van der Waals surface area (Å²) in [6.07, 6.45) is 1.94. The molecule has 0 bridgehead atoms. The molecule has 30 heavy (non-hydrogen) atoms. The van der Waals surface area contributed by atoms with Crippen molar-refractivity contribution >= 4 is 12.6 Å². The quantitative estimate of drug-likeness (QED) is 0.269. The number of benzene rings is 2. The maximum absolute atomic E-state index is 11.4. The van der Waals surface area contributed by atoms with E-state index >= 15 is 0 Å².